The van der Waals surface area contributed by atoms with Gasteiger partial charge in [0.2, 0.25) is 0 Å². The Kier molecular flexibility index (Phi) is 5.41. The molecule has 0 amide bonds. The molecule has 1 aromatic heterocycles. The predicted molar refractivity (Wildman–Crippen MR) is 68.9 cm³/mol. The molecule has 1 N–H and O–H groups in total. The van der Waals surface area contributed by atoms with Crippen molar-refractivity contribution in [3.8, 4) is 6.07 Å². The first-order valence-electron chi connectivity index (χ1n) is 6.30. The Bertz CT molecular complexity index is 407. The minimum Gasteiger partial charge on any atom is -0.367 e. The van der Waals surface area contributed by atoms with Crippen molar-refractivity contribution in [2.45, 2.75) is 46.5 Å². The zero-order valence-corrected chi connectivity index (χ0v) is 10.9. The Morgan fingerprint density at radius 1 is 1.18 bits per heavy atom. The van der Waals surface area contributed by atoms with E-state index >= 15 is 0 Å². The molecule has 0 aromatic carbocycles. The summed E-state index contributed by atoms with van der Waals surface area (Å²) in [5, 5.41) is 20.8. The molecule has 1 rings (SSSR count). The van der Waals surface area contributed by atoms with Gasteiger partial charge in [0, 0.05) is 6.54 Å². The third kappa shape index (κ3) is 3.16. The molecule has 4 heteroatoms. The van der Waals surface area contributed by atoms with Crippen molar-refractivity contribution < 1.29 is 0 Å². The summed E-state index contributed by atoms with van der Waals surface area (Å²) in [5.74, 6) is 0.634. The molecule has 0 saturated heterocycles. The van der Waals surface area contributed by atoms with Gasteiger partial charge in [-0.1, -0.05) is 27.2 Å². The molecule has 0 aliphatic heterocycles. The van der Waals surface area contributed by atoms with Crippen LogP contribution in [0, 0.1) is 11.3 Å². The maximum atomic E-state index is 9.25. The third-order valence-electron chi connectivity index (χ3n) is 2.78. The van der Waals surface area contributed by atoms with Gasteiger partial charge in [-0.05, 0) is 24.8 Å². The lowest BCUT2D eigenvalue weighted by Gasteiger charge is -2.11. The van der Waals surface area contributed by atoms with Gasteiger partial charge in [-0.15, -0.1) is 5.10 Å². The fourth-order valence-corrected chi connectivity index (χ4v) is 1.80. The van der Waals surface area contributed by atoms with Crippen LogP contribution in [0.3, 0.4) is 0 Å². The first kappa shape index (κ1) is 13.4. The molecule has 0 spiro atoms. The molecule has 0 unspecified atom stereocenters. The summed E-state index contributed by atoms with van der Waals surface area (Å²) in [5.41, 5.74) is 2.63. The van der Waals surface area contributed by atoms with Gasteiger partial charge in [-0.2, -0.15) is 10.4 Å². The van der Waals surface area contributed by atoms with E-state index in [1.54, 1.807) is 0 Å². The molecule has 17 heavy (non-hydrogen) atoms. The van der Waals surface area contributed by atoms with E-state index in [2.05, 4.69) is 28.5 Å². The van der Waals surface area contributed by atoms with Gasteiger partial charge in [0.15, 0.2) is 5.82 Å². The number of nitrogens with one attached hydrogen (secondary N) is 1. The summed E-state index contributed by atoms with van der Waals surface area (Å²) in [6.45, 7) is 7.06. The van der Waals surface area contributed by atoms with Crippen LogP contribution in [0.1, 0.15) is 50.4 Å². The number of anilines is 1. The van der Waals surface area contributed by atoms with Crippen molar-refractivity contribution in [2.24, 2.45) is 0 Å². The number of hydrogen-bond donors (Lipinski definition) is 1. The Balaban J connectivity index is 3.02. The highest BCUT2D eigenvalue weighted by Crippen LogP contribution is 2.19. The quantitative estimate of drug-likeness (QED) is 0.766. The minimum atomic E-state index is 0.634. The van der Waals surface area contributed by atoms with Crippen LogP contribution in [0.5, 0.6) is 0 Å². The number of nitrogens with zero attached hydrogens (tertiary/aromatic N) is 3. The maximum absolute atomic E-state index is 9.25. The van der Waals surface area contributed by atoms with E-state index in [-0.39, 0.29) is 0 Å². The predicted octanol–water partition coefficient (Wildman–Crippen LogP) is 2.69. The second kappa shape index (κ2) is 6.85. The topological polar surface area (TPSA) is 61.6 Å². The van der Waals surface area contributed by atoms with Gasteiger partial charge in [0.25, 0.3) is 0 Å². The summed E-state index contributed by atoms with van der Waals surface area (Å²) >= 11 is 0. The normalized spacial score (nSPS) is 10.0. The highest BCUT2D eigenvalue weighted by atomic mass is 15.2. The number of unbranched alkanes of at least 4 members (excludes halogenated alkanes) is 1. The lowest BCUT2D eigenvalue weighted by molar-refractivity contribution is 0.816. The second-order valence-electron chi connectivity index (χ2n) is 3.95. The first-order valence-corrected chi connectivity index (χ1v) is 6.30. The fraction of sp³-hybridized carbons (Fsp3) is 0.615. The summed E-state index contributed by atoms with van der Waals surface area (Å²) in [7, 11) is 0. The molecule has 0 bridgehead atoms. The van der Waals surface area contributed by atoms with Crippen LogP contribution in [0.15, 0.2) is 0 Å². The van der Waals surface area contributed by atoms with E-state index in [0.29, 0.717) is 11.4 Å². The monoisotopic (exact) mass is 232 g/mol. The fourth-order valence-electron chi connectivity index (χ4n) is 1.80. The molecule has 92 valence electrons. The van der Waals surface area contributed by atoms with Gasteiger partial charge in [-0.25, -0.2) is 0 Å². The summed E-state index contributed by atoms with van der Waals surface area (Å²) in [6.07, 6.45) is 3.84. The molecule has 1 aromatic rings. The van der Waals surface area contributed by atoms with Crippen molar-refractivity contribution in [2.75, 3.05) is 11.9 Å². The van der Waals surface area contributed by atoms with Crippen LogP contribution in [0.4, 0.5) is 5.82 Å². The van der Waals surface area contributed by atoms with Crippen LogP contribution < -0.4 is 5.32 Å². The smallest absolute Gasteiger partial charge is 0.166 e. The number of aryl methyl sites for hydroxylation is 1. The lowest BCUT2D eigenvalue weighted by atomic mass is 10.0. The zero-order chi connectivity index (χ0) is 12.7. The van der Waals surface area contributed by atoms with Crippen LogP contribution in [0.2, 0.25) is 0 Å². The second-order valence-corrected chi connectivity index (χ2v) is 3.95. The standard InChI is InChI=1S/C13H20N4/c1-4-7-8-15-13-11(9-14)10(5-2)12(6-3)16-17-13/h4-8H2,1-3H3,(H,15,17). The molecular weight excluding hydrogens is 212 g/mol. The van der Waals surface area contributed by atoms with E-state index in [4.69, 9.17) is 0 Å². The Morgan fingerprint density at radius 2 is 1.94 bits per heavy atom. The zero-order valence-electron chi connectivity index (χ0n) is 10.9. The van der Waals surface area contributed by atoms with E-state index < -0.39 is 0 Å². The van der Waals surface area contributed by atoms with E-state index in [9.17, 15) is 5.26 Å². The summed E-state index contributed by atoms with van der Waals surface area (Å²) in [6, 6.07) is 2.25. The number of nitriles is 1. The van der Waals surface area contributed by atoms with Gasteiger partial charge in [0.05, 0.1) is 5.69 Å². The molecule has 0 aliphatic carbocycles. The minimum absolute atomic E-state index is 0.634. The van der Waals surface area contributed by atoms with Gasteiger partial charge in [0.1, 0.15) is 11.6 Å². The average Bonchev–Trinajstić information content (AvgIpc) is 2.38. The number of hydrogen-bond acceptors (Lipinski definition) is 4. The van der Waals surface area contributed by atoms with Crippen LogP contribution in [-0.4, -0.2) is 16.7 Å². The van der Waals surface area contributed by atoms with E-state index in [1.807, 2.05) is 13.8 Å². The van der Waals surface area contributed by atoms with Gasteiger partial charge >= 0.3 is 0 Å². The van der Waals surface area contributed by atoms with Crippen molar-refractivity contribution in [1.82, 2.24) is 10.2 Å². The molecule has 0 saturated carbocycles. The number of aromatic nitrogens is 2. The third-order valence-corrected chi connectivity index (χ3v) is 2.78. The average molecular weight is 232 g/mol. The van der Waals surface area contributed by atoms with Crippen molar-refractivity contribution in [3.05, 3.63) is 16.8 Å². The molecular formula is C13H20N4. The molecule has 1 heterocycles. The van der Waals surface area contributed by atoms with Gasteiger partial charge < -0.3 is 5.32 Å². The van der Waals surface area contributed by atoms with Crippen molar-refractivity contribution in [3.63, 3.8) is 0 Å². The number of rotatable bonds is 6. The molecule has 0 atom stereocenters. The molecule has 0 radical (unpaired) electrons. The van der Waals surface area contributed by atoms with Crippen molar-refractivity contribution >= 4 is 5.82 Å². The highest BCUT2D eigenvalue weighted by Gasteiger charge is 2.13. The largest absolute Gasteiger partial charge is 0.367 e. The lowest BCUT2D eigenvalue weighted by Crippen LogP contribution is -2.10. The Hall–Kier alpha value is -1.63. The first-order chi connectivity index (χ1) is 8.28. The van der Waals surface area contributed by atoms with Gasteiger partial charge in [-0.3, -0.25) is 0 Å². The van der Waals surface area contributed by atoms with Crippen LogP contribution in [-0.2, 0) is 12.8 Å². The summed E-state index contributed by atoms with van der Waals surface area (Å²) < 4.78 is 0. The molecule has 0 fully saturated rings. The van der Waals surface area contributed by atoms with E-state index in [0.717, 1.165) is 43.5 Å². The summed E-state index contributed by atoms with van der Waals surface area (Å²) in [4.78, 5) is 0. The van der Waals surface area contributed by atoms with E-state index in [1.165, 1.54) is 0 Å². The molecule has 4 nitrogen and oxygen atoms in total. The highest BCUT2D eigenvalue weighted by molar-refractivity contribution is 5.56. The van der Waals surface area contributed by atoms with Crippen molar-refractivity contribution in [1.29, 1.82) is 5.26 Å². The van der Waals surface area contributed by atoms with Crippen LogP contribution in [0.25, 0.3) is 0 Å². The molecule has 0 aliphatic rings. The maximum Gasteiger partial charge on any atom is 0.166 e. The Morgan fingerprint density at radius 3 is 2.47 bits per heavy atom. The van der Waals surface area contributed by atoms with Crippen LogP contribution >= 0.6 is 0 Å². The SMILES string of the molecule is CCCCNc1nnc(CC)c(CC)c1C#N. The Labute approximate surface area is 103 Å².